The Morgan fingerprint density at radius 1 is 1.29 bits per heavy atom. The van der Waals surface area contributed by atoms with Crippen LogP contribution >= 0.6 is 0 Å². The van der Waals surface area contributed by atoms with Gasteiger partial charge >= 0.3 is 11.3 Å². The van der Waals surface area contributed by atoms with Crippen LogP contribution in [0.2, 0.25) is 0 Å². The number of benzene rings is 1. The molecule has 0 saturated heterocycles. The van der Waals surface area contributed by atoms with Gasteiger partial charge in [-0.05, 0) is 13.0 Å². The van der Waals surface area contributed by atoms with E-state index in [9.17, 15) is 25.1 Å². The van der Waals surface area contributed by atoms with E-state index >= 15 is 0 Å². The van der Waals surface area contributed by atoms with Crippen LogP contribution < -0.4 is 5.63 Å². The Morgan fingerprint density at radius 3 is 2.47 bits per heavy atom. The third kappa shape index (κ3) is 1.57. The van der Waals surface area contributed by atoms with E-state index < -0.39 is 27.7 Å². The van der Waals surface area contributed by atoms with Crippen molar-refractivity contribution in [3.8, 4) is 11.5 Å². The van der Waals surface area contributed by atoms with Gasteiger partial charge in [-0.25, -0.2) is 4.79 Å². The lowest BCUT2D eigenvalue weighted by atomic mass is 10.1. The van der Waals surface area contributed by atoms with E-state index in [4.69, 9.17) is 4.42 Å². The van der Waals surface area contributed by atoms with Gasteiger partial charge < -0.3 is 14.6 Å². The summed E-state index contributed by atoms with van der Waals surface area (Å²) in [4.78, 5) is 21.2. The molecule has 0 saturated carbocycles. The summed E-state index contributed by atoms with van der Waals surface area (Å²) < 4.78 is 4.70. The Bertz CT molecular complexity index is 687. The van der Waals surface area contributed by atoms with Gasteiger partial charge in [0, 0.05) is 17.0 Å². The van der Waals surface area contributed by atoms with Crippen molar-refractivity contribution < 1.29 is 19.6 Å². The molecule has 0 aliphatic rings. The molecule has 0 spiro atoms. The molecule has 0 amide bonds. The van der Waals surface area contributed by atoms with Crippen LogP contribution in [-0.4, -0.2) is 15.1 Å². The SMILES string of the molecule is Cc1c([N+](=O)[O-])c(=O)oc2cc(O)c(O)cc12. The first-order valence-corrected chi connectivity index (χ1v) is 4.55. The Morgan fingerprint density at radius 2 is 1.88 bits per heavy atom. The second-order valence-corrected chi connectivity index (χ2v) is 3.46. The van der Waals surface area contributed by atoms with E-state index in [0.717, 1.165) is 12.1 Å². The number of phenolic OH excluding ortho intramolecular Hbond substituents is 2. The smallest absolute Gasteiger partial charge is 0.415 e. The van der Waals surface area contributed by atoms with E-state index in [1.165, 1.54) is 6.92 Å². The molecule has 88 valence electrons. The fourth-order valence-electron chi connectivity index (χ4n) is 1.58. The van der Waals surface area contributed by atoms with E-state index in [2.05, 4.69) is 0 Å². The highest BCUT2D eigenvalue weighted by Crippen LogP contribution is 2.33. The maximum absolute atomic E-state index is 11.3. The van der Waals surface area contributed by atoms with Gasteiger partial charge in [0.1, 0.15) is 5.58 Å². The highest BCUT2D eigenvalue weighted by atomic mass is 16.6. The fraction of sp³-hybridized carbons (Fsp3) is 0.100. The maximum Gasteiger partial charge on any atom is 0.415 e. The van der Waals surface area contributed by atoms with E-state index in [1.807, 2.05) is 0 Å². The normalized spacial score (nSPS) is 10.6. The van der Waals surface area contributed by atoms with Crippen molar-refractivity contribution >= 4 is 16.7 Å². The minimum atomic E-state index is -1.09. The van der Waals surface area contributed by atoms with Crippen molar-refractivity contribution in [2.45, 2.75) is 6.92 Å². The monoisotopic (exact) mass is 237 g/mol. The molecular formula is C10H7NO6. The lowest BCUT2D eigenvalue weighted by Crippen LogP contribution is -2.08. The molecular weight excluding hydrogens is 230 g/mol. The Hall–Kier alpha value is -2.57. The predicted molar refractivity (Wildman–Crippen MR) is 57.2 cm³/mol. The van der Waals surface area contributed by atoms with Crippen LogP contribution in [0.3, 0.4) is 0 Å². The zero-order valence-corrected chi connectivity index (χ0v) is 8.63. The molecule has 17 heavy (non-hydrogen) atoms. The highest BCUT2D eigenvalue weighted by Gasteiger charge is 2.22. The quantitative estimate of drug-likeness (QED) is 0.335. The summed E-state index contributed by atoms with van der Waals surface area (Å²) >= 11 is 0. The van der Waals surface area contributed by atoms with Gasteiger partial charge in [0.05, 0.1) is 4.92 Å². The highest BCUT2D eigenvalue weighted by molar-refractivity contribution is 5.86. The molecule has 0 aliphatic carbocycles. The molecule has 1 aromatic heterocycles. The molecule has 2 N–H and O–H groups in total. The van der Waals surface area contributed by atoms with E-state index in [0.29, 0.717) is 0 Å². The minimum Gasteiger partial charge on any atom is -0.504 e. The van der Waals surface area contributed by atoms with Gasteiger partial charge in [-0.2, -0.15) is 0 Å². The lowest BCUT2D eigenvalue weighted by molar-refractivity contribution is -0.387. The van der Waals surface area contributed by atoms with Gasteiger partial charge in [-0.1, -0.05) is 0 Å². The van der Waals surface area contributed by atoms with Crippen LogP contribution in [0.4, 0.5) is 5.69 Å². The zero-order chi connectivity index (χ0) is 12.7. The fourth-order valence-corrected chi connectivity index (χ4v) is 1.58. The summed E-state index contributed by atoms with van der Waals surface area (Å²) in [6.45, 7) is 1.37. The number of aryl methyl sites for hydroxylation is 1. The van der Waals surface area contributed by atoms with Crippen LogP contribution in [0.5, 0.6) is 11.5 Å². The van der Waals surface area contributed by atoms with Crippen molar-refractivity contribution in [2.24, 2.45) is 0 Å². The number of aromatic hydroxyl groups is 2. The van der Waals surface area contributed by atoms with Crippen molar-refractivity contribution in [2.75, 3.05) is 0 Å². The summed E-state index contributed by atoms with van der Waals surface area (Å²) in [5, 5.41) is 29.4. The van der Waals surface area contributed by atoms with Crippen LogP contribution in [-0.2, 0) is 0 Å². The summed E-state index contributed by atoms with van der Waals surface area (Å²) in [5.41, 5.74) is -1.71. The molecule has 0 radical (unpaired) electrons. The number of nitro groups is 1. The number of hydrogen-bond acceptors (Lipinski definition) is 6. The molecule has 0 atom stereocenters. The van der Waals surface area contributed by atoms with E-state index in [1.54, 1.807) is 0 Å². The van der Waals surface area contributed by atoms with Crippen LogP contribution in [0.15, 0.2) is 21.3 Å². The molecule has 7 nitrogen and oxygen atoms in total. The first kappa shape index (κ1) is 10.9. The Kier molecular flexibility index (Phi) is 2.24. The molecule has 0 fully saturated rings. The molecule has 0 bridgehead atoms. The molecule has 1 heterocycles. The van der Waals surface area contributed by atoms with Crippen molar-refractivity contribution in [1.82, 2.24) is 0 Å². The van der Waals surface area contributed by atoms with Gasteiger partial charge in [0.2, 0.25) is 0 Å². The maximum atomic E-state index is 11.3. The summed E-state index contributed by atoms with van der Waals surface area (Å²) in [6.07, 6.45) is 0. The van der Waals surface area contributed by atoms with Gasteiger partial charge in [-0.3, -0.25) is 10.1 Å². The number of hydrogen-bond donors (Lipinski definition) is 2. The van der Waals surface area contributed by atoms with Crippen molar-refractivity contribution in [1.29, 1.82) is 0 Å². The third-order valence-electron chi connectivity index (χ3n) is 2.41. The molecule has 2 aromatic rings. The van der Waals surface area contributed by atoms with E-state index in [-0.39, 0.29) is 16.5 Å². The van der Waals surface area contributed by atoms with Crippen LogP contribution in [0, 0.1) is 17.0 Å². The summed E-state index contributed by atoms with van der Waals surface area (Å²) in [7, 11) is 0. The second-order valence-electron chi connectivity index (χ2n) is 3.46. The molecule has 0 aliphatic heterocycles. The van der Waals surface area contributed by atoms with Gasteiger partial charge in [-0.15, -0.1) is 0 Å². The number of nitrogens with zero attached hydrogens (tertiary/aromatic N) is 1. The van der Waals surface area contributed by atoms with Crippen molar-refractivity contribution in [3.63, 3.8) is 0 Å². The summed E-state index contributed by atoms with van der Waals surface area (Å²) in [6, 6.07) is 2.14. The standard InChI is InChI=1S/C10H7NO6/c1-4-5-2-6(12)7(13)3-8(5)17-10(14)9(4)11(15)16/h2-3,12-13H,1H3. The molecule has 7 heteroatoms. The first-order valence-electron chi connectivity index (χ1n) is 4.55. The average molecular weight is 237 g/mol. The molecule has 1 aromatic carbocycles. The Balaban J connectivity index is 2.97. The third-order valence-corrected chi connectivity index (χ3v) is 2.41. The second kappa shape index (κ2) is 3.48. The predicted octanol–water partition coefficient (Wildman–Crippen LogP) is 1.42. The van der Waals surface area contributed by atoms with Crippen LogP contribution in [0.25, 0.3) is 11.0 Å². The minimum absolute atomic E-state index is 0.0200. The first-order chi connectivity index (χ1) is 7.91. The largest absolute Gasteiger partial charge is 0.504 e. The molecule has 0 unspecified atom stereocenters. The topological polar surface area (TPSA) is 114 Å². The van der Waals surface area contributed by atoms with Gasteiger partial charge in [0.25, 0.3) is 0 Å². The Labute approximate surface area is 93.7 Å². The summed E-state index contributed by atoms with van der Waals surface area (Å²) in [5.74, 6) is -0.905. The number of fused-ring (bicyclic) bond motifs is 1. The van der Waals surface area contributed by atoms with Crippen LogP contribution in [0.1, 0.15) is 5.56 Å². The number of phenols is 2. The van der Waals surface area contributed by atoms with Gasteiger partial charge in [0.15, 0.2) is 11.5 Å². The zero-order valence-electron chi connectivity index (χ0n) is 8.63. The number of rotatable bonds is 1. The average Bonchev–Trinajstić information content (AvgIpc) is 2.21. The molecule has 2 rings (SSSR count). The lowest BCUT2D eigenvalue weighted by Gasteiger charge is -2.03. The van der Waals surface area contributed by atoms with Crippen molar-refractivity contribution in [3.05, 3.63) is 38.2 Å².